The molecular weight excluding hydrogens is 353 g/mol. The number of hydrogen-bond donors (Lipinski definition) is 0. The number of hydrogen-bond acceptors (Lipinski definition) is 5. The van der Waals surface area contributed by atoms with Gasteiger partial charge in [-0.05, 0) is 45.4 Å². The maximum absolute atomic E-state index is 13.1. The van der Waals surface area contributed by atoms with Gasteiger partial charge >= 0.3 is 11.9 Å². The highest BCUT2D eigenvalue weighted by molar-refractivity contribution is 5.94. The number of esters is 2. The quantitative estimate of drug-likeness (QED) is 0.751. The topological polar surface area (TPSA) is 74.6 Å². The highest BCUT2D eigenvalue weighted by Crippen LogP contribution is 2.12. The first kappa shape index (κ1) is 20.4. The number of benzene rings is 1. The van der Waals surface area contributed by atoms with Gasteiger partial charge in [-0.1, -0.05) is 12.1 Å². The number of carbonyl (C=O) groups is 2. The Morgan fingerprint density at radius 2 is 1.59 bits per heavy atom. The lowest BCUT2D eigenvalue weighted by atomic mass is 10.1. The Labute approximate surface area is 156 Å². The summed E-state index contributed by atoms with van der Waals surface area (Å²) in [6, 6.07) is 5.76. The van der Waals surface area contributed by atoms with Crippen LogP contribution in [0, 0.1) is 5.82 Å². The molecule has 0 unspecified atom stereocenters. The first-order valence-corrected chi connectivity index (χ1v) is 8.49. The van der Waals surface area contributed by atoms with E-state index < -0.39 is 23.0 Å². The van der Waals surface area contributed by atoms with Crippen molar-refractivity contribution in [3.63, 3.8) is 0 Å². The van der Waals surface area contributed by atoms with Gasteiger partial charge in [-0.3, -0.25) is 4.79 Å². The molecule has 0 amide bonds. The molecule has 0 aliphatic heterocycles. The summed E-state index contributed by atoms with van der Waals surface area (Å²) in [5, 5.41) is 0. The molecule has 0 N–H and O–H groups in total. The molecule has 2 aromatic rings. The third-order valence-electron chi connectivity index (χ3n) is 3.47. The molecule has 0 aliphatic rings. The fourth-order valence-corrected chi connectivity index (χ4v) is 2.36. The SMILES string of the molecule is CCOC(=O)c1cn(Cc2ccc(F)cc2)cc(C(=O)OC(C)(C)C)c1=O. The first-order chi connectivity index (χ1) is 12.6. The van der Waals surface area contributed by atoms with Crippen LogP contribution >= 0.6 is 0 Å². The van der Waals surface area contributed by atoms with Gasteiger partial charge in [0.1, 0.15) is 22.5 Å². The maximum Gasteiger partial charge on any atom is 0.344 e. The van der Waals surface area contributed by atoms with E-state index >= 15 is 0 Å². The molecule has 0 atom stereocenters. The van der Waals surface area contributed by atoms with Crippen LogP contribution in [0.4, 0.5) is 4.39 Å². The summed E-state index contributed by atoms with van der Waals surface area (Å²) in [5.74, 6) is -2.02. The summed E-state index contributed by atoms with van der Waals surface area (Å²) in [5.41, 5.74) is -1.35. The smallest absolute Gasteiger partial charge is 0.344 e. The predicted molar refractivity (Wildman–Crippen MR) is 97.3 cm³/mol. The monoisotopic (exact) mass is 375 g/mol. The summed E-state index contributed by atoms with van der Waals surface area (Å²) in [4.78, 5) is 37.2. The van der Waals surface area contributed by atoms with Gasteiger partial charge in [0.05, 0.1) is 6.61 Å². The van der Waals surface area contributed by atoms with Crippen molar-refractivity contribution in [2.75, 3.05) is 6.61 Å². The van der Waals surface area contributed by atoms with Gasteiger partial charge in [0.2, 0.25) is 5.43 Å². The van der Waals surface area contributed by atoms with E-state index in [4.69, 9.17) is 9.47 Å². The van der Waals surface area contributed by atoms with E-state index in [9.17, 15) is 18.8 Å². The Kier molecular flexibility index (Phi) is 6.15. The Balaban J connectivity index is 2.49. The molecule has 0 fully saturated rings. The summed E-state index contributed by atoms with van der Waals surface area (Å²) in [6.07, 6.45) is 2.64. The number of aromatic nitrogens is 1. The lowest BCUT2D eigenvalue weighted by Crippen LogP contribution is -2.31. The van der Waals surface area contributed by atoms with E-state index in [1.807, 2.05) is 0 Å². The van der Waals surface area contributed by atoms with Gasteiger partial charge in [0.25, 0.3) is 0 Å². The second-order valence-corrected chi connectivity index (χ2v) is 6.94. The van der Waals surface area contributed by atoms with Gasteiger partial charge in [0.15, 0.2) is 0 Å². The van der Waals surface area contributed by atoms with Crippen molar-refractivity contribution < 1.29 is 23.5 Å². The zero-order chi connectivity index (χ0) is 20.2. The van der Waals surface area contributed by atoms with Crippen molar-refractivity contribution in [3.8, 4) is 0 Å². The third kappa shape index (κ3) is 5.51. The second-order valence-electron chi connectivity index (χ2n) is 6.94. The Hall–Kier alpha value is -2.96. The van der Waals surface area contributed by atoms with Gasteiger partial charge in [-0.15, -0.1) is 0 Å². The molecule has 1 heterocycles. The molecule has 0 saturated heterocycles. The van der Waals surface area contributed by atoms with Crippen molar-refractivity contribution in [1.29, 1.82) is 0 Å². The highest BCUT2D eigenvalue weighted by atomic mass is 19.1. The molecule has 1 aromatic heterocycles. The standard InChI is InChI=1S/C20H22FNO5/c1-5-26-18(24)15-11-22(10-13-6-8-14(21)9-7-13)12-16(17(15)23)19(25)27-20(2,3)4/h6-9,11-12H,5,10H2,1-4H3. The molecule has 144 valence electrons. The van der Waals surface area contributed by atoms with Gasteiger partial charge < -0.3 is 14.0 Å². The normalized spacial score (nSPS) is 11.1. The average molecular weight is 375 g/mol. The molecule has 0 radical (unpaired) electrons. The van der Waals surface area contributed by atoms with Gasteiger partial charge in [-0.25, -0.2) is 14.0 Å². The lowest BCUT2D eigenvalue weighted by Gasteiger charge is -2.20. The van der Waals surface area contributed by atoms with Crippen LogP contribution in [0.1, 0.15) is 54.0 Å². The van der Waals surface area contributed by atoms with E-state index in [0.717, 1.165) is 5.56 Å². The van der Waals surface area contributed by atoms with E-state index in [2.05, 4.69) is 0 Å². The van der Waals surface area contributed by atoms with Crippen LogP contribution < -0.4 is 5.43 Å². The van der Waals surface area contributed by atoms with E-state index in [-0.39, 0.29) is 30.1 Å². The maximum atomic E-state index is 13.1. The first-order valence-electron chi connectivity index (χ1n) is 8.49. The van der Waals surface area contributed by atoms with Crippen molar-refractivity contribution in [2.45, 2.75) is 39.8 Å². The van der Waals surface area contributed by atoms with Crippen molar-refractivity contribution in [2.24, 2.45) is 0 Å². The molecule has 0 bridgehead atoms. The molecular formula is C20H22FNO5. The Morgan fingerprint density at radius 1 is 1.04 bits per heavy atom. The molecule has 0 spiro atoms. The molecule has 2 rings (SSSR count). The van der Waals surface area contributed by atoms with E-state index in [1.54, 1.807) is 39.8 Å². The van der Waals surface area contributed by atoms with Crippen molar-refractivity contribution in [3.05, 3.63) is 69.4 Å². The van der Waals surface area contributed by atoms with Crippen LogP contribution in [0.2, 0.25) is 0 Å². The number of halogens is 1. The van der Waals surface area contributed by atoms with Crippen LogP contribution in [0.5, 0.6) is 0 Å². The zero-order valence-corrected chi connectivity index (χ0v) is 15.7. The number of pyridine rings is 1. The summed E-state index contributed by atoms with van der Waals surface area (Å²) in [7, 11) is 0. The van der Waals surface area contributed by atoms with Gasteiger partial charge in [0, 0.05) is 18.9 Å². The number of carbonyl (C=O) groups excluding carboxylic acids is 2. The molecule has 6 nitrogen and oxygen atoms in total. The molecule has 7 heteroatoms. The van der Waals surface area contributed by atoms with E-state index in [0.29, 0.717) is 0 Å². The fourth-order valence-electron chi connectivity index (χ4n) is 2.36. The minimum atomic E-state index is -0.827. The van der Waals surface area contributed by atoms with Crippen molar-refractivity contribution >= 4 is 11.9 Å². The lowest BCUT2D eigenvalue weighted by molar-refractivity contribution is 0.00670. The van der Waals surface area contributed by atoms with Crippen LogP contribution in [0.25, 0.3) is 0 Å². The van der Waals surface area contributed by atoms with Crippen molar-refractivity contribution in [1.82, 2.24) is 4.57 Å². The second kappa shape index (κ2) is 8.16. The molecule has 27 heavy (non-hydrogen) atoms. The number of nitrogens with zero attached hydrogens (tertiary/aromatic N) is 1. The highest BCUT2D eigenvalue weighted by Gasteiger charge is 2.24. The van der Waals surface area contributed by atoms with Crippen LogP contribution in [-0.4, -0.2) is 28.7 Å². The molecule has 0 saturated carbocycles. The fraction of sp³-hybridized carbons (Fsp3) is 0.350. The summed E-state index contributed by atoms with van der Waals surface area (Å²) in [6.45, 7) is 6.97. The minimum Gasteiger partial charge on any atom is -0.462 e. The predicted octanol–water partition coefficient (Wildman–Crippen LogP) is 3.17. The van der Waals surface area contributed by atoms with Crippen LogP contribution in [0.3, 0.4) is 0 Å². The Morgan fingerprint density at radius 3 is 2.11 bits per heavy atom. The average Bonchev–Trinajstić information content (AvgIpc) is 2.57. The molecule has 0 aliphatic carbocycles. The summed E-state index contributed by atoms with van der Waals surface area (Å²) < 4.78 is 24.8. The third-order valence-corrected chi connectivity index (χ3v) is 3.47. The van der Waals surface area contributed by atoms with Crippen LogP contribution in [0.15, 0.2) is 41.5 Å². The summed E-state index contributed by atoms with van der Waals surface area (Å²) >= 11 is 0. The number of rotatable bonds is 5. The zero-order valence-electron chi connectivity index (χ0n) is 15.7. The van der Waals surface area contributed by atoms with E-state index in [1.165, 1.54) is 29.1 Å². The number of ether oxygens (including phenoxy) is 2. The molecule has 1 aromatic carbocycles. The Bertz CT molecular complexity index is 894. The van der Waals surface area contributed by atoms with Gasteiger partial charge in [-0.2, -0.15) is 0 Å². The van der Waals surface area contributed by atoms with Crippen LogP contribution in [-0.2, 0) is 16.0 Å². The minimum absolute atomic E-state index is 0.0902. The largest absolute Gasteiger partial charge is 0.462 e.